The van der Waals surface area contributed by atoms with Gasteiger partial charge >= 0.3 is 17.9 Å². The molecule has 0 radical (unpaired) electrons. The molecular formula is C47H90O6. The first kappa shape index (κ1) is 51.4. The van der Waals surface area contributed by atoms with Gasteiger partial charge in [0.1, 0.15) is 13.2 Å². The van der Waals surface area contributed by atoms with E-state index in [1.54, 1.807) is 0 Å². The first-order chi connectivity index (χ1) is 25.9. The molecule has 1 atom stereocenters. The van der Waals surface area contributed by atoms with Crippen molar-refractivity contribution in [3.05, 3.63) is 0 Å². The lowest BCUT2D eigenvalue weighted by atomic mass is 10.0. The molecule has 0 heterocycles. The van der Waals surface area contributed by atoms with Gasteiger partial charge in [0.05, 0.1) is 0 Å². The number of ether oxygens (including phenoxy) is 3. The van der Waals surface area contributed by atoms with Crippen molar-refractivity contribution in [3.8, 4) is 0 Å². The van der Waals surface area contributed by atoms with Gasteiger partial charge in [-0.05, 0) is 25.2 Å². The van der Waals surface area contributed by atoms with E-state index in [0.29, 0.717) is 19.3 Å². The lowest BCUT2D eigenvalue weighted by Gasteiger charge is -2.18. The summed E-state index contributed by atoms with van der Waals surface area (Å²) >= 11 is 0. The molecular weight excluding hydrogens is 661 g/mol. The Morgan fingerprint density at radius 1 is 0.358 bits per heavy atom. The van der Waals surface area contributed by atoms with Crippen LogP contribution in [0.15, 0.2) is 0 Å². The number of hydrogen-bond acceptors (Lipinski definition) is 6. The molecule has 0 N–H and O–H groups in total. The van der Waals surface area contributed by atoms with Crippen LogP contribution in [0, 0.1) is 5.92 Å². The molecule has 6 heteroatoms. The number of unbranched alkanes of at least 4 members (excludes halogenated alkanes) is 29. The highest BCUT2D eigenvalue weighted by Crippen LogP contribution is 2.16. The van der Waals surface area contributed by atoms with Gasteiger partial charge in [0.15, 0.2) is 6.10 Å². The molecule has 0 aromatic heterocycles. The summed E-state index contributed by atoms with van der Waals surface area (Å²) in [5.41, 5.74) is 0. The van der Waals surface area contributed by atoms with E-state index in [2.05, 4.69) is 27.7 Å². The smallest absolute Gasteiger partial charge is 0.306 e. The Kier molecular flexibility index (Phi) is 40.3. The predicted molar refractivity (Wildman–Crippen MR) is 224 cm³/mol. The van der Waals surface area contributed by atoms with E-state index in [1.165, 1.54) is 154 Å². The molecule has 0 bridgehead atoms. The van der Waals surface area contributed by atoms with Gasteiger partial charge in [-0.3, -0.25) is 14.4 Å². The Morgan fingerprint density at radius 3 is 0.925 bits per heavy atom. The van der Waals surface area contributed by atoms with Crippen LogP contribution in [0.4, 0.5) is 0 Å². The average molecular weight is 751 g/mol. The molecule has 0 aromatic carbocycles. The SMILES string of the molecule is CCCCCCCCCCCCCC(=O)OC[C@@H](COC(=O)CCCCCCCCCCCCCC(C)C)OC(=O)CCCCCCCCCCCC. The maximum absolute atomic E-state index is 12.7. The van der Waals surface area contributed by atoms with Crippen LogP contribution in [0.1, 0.15) is 259 Å². The molecule has 0 saturated heterocycles. The summed E-state index contributed by atoms with van der Waals surface area (Å²) in [7, 11) is 0. The molecule has 0 fully saturated rings. The van der Waals surface area contributed by atoms with E-state index in [4.69, 9.17) is 14.2 Å². The minimum atomic E-state index is -0.758. The molecule has 0 spiro atoms. The molecule has 0 rings (SSSR count). The zero-order chi connectivity index (χ0) is 38.9. The quantitative estimate of drug-likeness (QED) is 0.0351. The van der Waals surface area contributed by atoms with Crippen molar-refractivity contribution in [1.82, 2.24) is 0 Å². The Morgan fingerprint density at radius 2 is 0.623 bits per heavy atom. The van der Waals surface area contributed by atoms with Gasteiger partial charge in [0, 0.05) is 19.3 Å². The molecule has 314 valence electrons. The number of hydrogen-bond donors (Lipinski definition) is 0. The van der Waals surface area contributed by atoms with E-state index in [0.717, 1.165) is 63.7 Å². The second-order valence-electron chi connectivity index (χ2n) is 16.5. The summed E-state index contributed by atoms with van der Waals surface area (Å²) in [6.45, 7) is 8.98. The monoisotopic (exact) mass is 751 g/mol. The first-order valence-electron chi connectivity index (χ1n) is 23.4. The number of esters is 3. The fraction of sp³-hybridized carbons (Fsp3) is 0.936. The minimum absolute atomic E-state index is 0.0636. The second kappa shape index (κ2) is 41.6. The number of carbonyl (C=O) groups excluding carboxylic acids is 3. The molecule has 0 amide bonds. The van der Waals surface area contributed by atoms with E-state index in [1.807, 2.05) is 0 Å². The maximum Gasteiger partial charge on any atom is 0.306 e. The van der Waals surface area contributed by atoms with Crippen molar-refractivity contribution in [2.45, 2.75) is 265 Å². The topological polar surface area (TPSA) is 78.9 Å². The fourth-order valence-corrected chi connectivity index (χ4v) is 6.98. The van der Waals surface area contributed by atoms with Crippen molar-refractivity contribution in [2.24, 2.45) is 5.92 Å². The zero-order valence-electron chi connectivity index (χ0n) is 36.0. The second-order valence-corrected chi connectivity index (χ2v) is 16.5. The highest BCUT2D eigenvalue weighted by Gasteiger charge is 2.19. The van der Waals surface area contributed by atoms with Crippen LogP contribution in [0.5, 0.6) is 0 Å². The van der Waals surface area contributed by atoms with Crippen LogP contribution in [-0.4, -0.2) is 37.2 Å². The van der Waals surface area contributed by atoms with Crippen LogP contribution in [0.25, 0.3) is 0 Å². The normalized spacial score (nSPS) is 11.9. The van der Waals surface area contributed by atoms with E-state index in [-0.39, 0.29) is 31.1 Å². The van der Waals surface area contributed by atoms with Crippen LogP contribution in [0.3, 0.4) is 0 Å². The largest absolute Gasteiger partial charge is 0.462 e. The highest BCUT2D eigenvalue weighted by molar-refractivity contribution is 5.71. The van der Waals surface area contributed by atoms with Crippen LogP contribution >= 0.6 is 0 Å². The molecule has 0 saturated carbocycles. The lowest BCUT2D eigenvalue weighted by Crippen LogP contribution is -2.30. The maximum atomic E-state index is 12.7. The lowest BCUT2D eigenvalue weighted by molar-refractivity contribution is -0.167. The molecule has 0 unspecified atom stereocenters. The molecule has 53 heavy (non-hydrogen) atoms. The van der Waals surface area contributed by atoms with Crippen molar-refractivity contribution < 1.29 is 28.6 Å². The summed E-state index contributed by atoms with van der Waals surface area (Å²) in [6.07, 6.45) is 40.8. The average Bonchev–Trinajstić information content (AvgIpc) is 3.14. The number of carbonyl (C=O) groups is 3. The first-order valence-corrected chi connectivity index (χ1v) is 23.4. The van der Waals surface area contributed by atoms with Crippen LogP contribution in [-0.2, 0) is 28.6 Å². The molecule has 0 aliphatic carbocycles. The summed E-state index contributed by atoms with van der Waals surface area (Å²) in [6, 6.07) is 0. The van der Waals surface area contributed by atoms with Gasteiger partial charge in [0.25, 0.3) is 0 Å². The third kappa shape index (κ3) is 41.4. The minimum Gasteiger partial charge on any atom is -0.462 e. The third-order valence-electron chi connectivity index (χ3n) is 10.5. The van der Waals surface area contributed by atoms with Crippen molar-refractivity contribution in [1.29, 1.82) is 0 Å². The molecule has 0 aromatic rings. The third-order valence-corrected chi connectivity index (χ3v) is 10.5. The van der Waals surface area contributed by atoms with Gasteiger partial charge in [-0.2, -0.15) is 0 Å². The highest BCUT2D eigenvalue weighted by atomic mass is 16.6. The fourth-order valence-electron chi connectivity index (χ4n) is 6.98. The summed E-state index contributed by atoms with van der Waals surface area (Å²) < 4.78 is 16.7. The molecule has 0 aliphatic rings. The van der Waals surface area contributed by atoms with E-state index >= 15 is 0 Å². The molecule has 6 nitrogen and oxygen atoms in total. The summed E-state index contributed by atoms with van der Waals surface area (Å²) in [4.78, 5) is 37.7. The van der Waals surface area contributed by atoms with Crippen LogP contribution < -0.4 is 0 Å². The Balaban J connectivity index is 4.30. The van der Waals surface area contributed by atoms with Gasteiger partial charge in [-0.1, -0.05) is 220 Å². The number of rotatable bonds is 42. The Labute approximate surface area is 329 Å². The van der Waals surface area contributed by atoms with Crippen molar-refractivity contribution in [2.75, 3.05) is 13.2 Å². The van der Waals surface area contributed by atoms with Crippen LogP contribution in [0.2, 0.25) is 0 Å². The van der Waals surface area contributed by atoms with Crippen molar-refractivity contribution >= 4 is 17.9 Å². The van der Waals surface area contributed by atoms with E-state index < -0.39 is 6.10 Å². The van der Waals surface area contributed by atoms with Crippen molar-refractivity contribution in [3.63, 3.8) is 0 Å². The van der Waals surface area contributed by atoms with E-state index in [9.17, 15) is 14.4 Å². The van der Waals surface area contributed by atoms with Gasteiger partial charge < -0.3 is 14.2 Å². The standard InChI is InChI=1S/C47H90O6/c1-5-7-9-11-13-15-18-23-26-30-34-38-45(48)51-41-44(53-47(50)40-36-32-28-22-16-14-12-10-8-6-2)42-52-46(49)39-35-31-27-24-20-17-19-21-25-29-33-37-43(3)4/h43-44H,5-42H2,1-4H3/t44-/m0/s1. The van der Waals surface area contributed by atoms with Gasteiger partial charge in [-0.15, -0.1) is 0 Å². The molecule has 0 aliphatic heterocycles. The van der Waals surface area contributed by atoms with Gasteiger partial charge in [0.2, 0.25) is 0 Å². The Hall–Kier alpha value is -1.59. The Bertz CT molecular complexity index is 796. The summed E-state index contributed by atoms with van der Waals surface area (Å²) in [5.74, 6) is -0.0270. The van der Waals surface area contributed by atoms with Gasteiger partial charge in [-0.25, -0.2) is 0 Å². The zero-order valence-corrected chi connectivity index (χ0v) is 36.0. The summed E-state index contributed by atoms with van der Waals surface area (Å²) in [5, 5.41) is 0. The predicted octanol–water partition coefficient (Wildman–Crippen LogP) is 14.7.